The van der Waals surface area contributed by atoms with Crippen molar-refractivity contribution in [1.29, 1.82) is 0 Å². The Bertz CT molecular complexity index is 1300. The van der Waals surface area contributed by atoms with Gasteiger partial charge in [0.2, 0.25) is 0 Å². The Hall–Kier alpha value is -3.44. The summed E-state index contributed by atoms with van der Waals surface area (Å²) in [4.78, 5) is 32.2. The number of hydrogen-bond donors (Lipinski definition) is 0. The summed E-state index contributed by atoms with van der Waals surface area (Å²) in [5.41, 5.74) is 2.88. The fourth-order valence-electron chi connectivity index (χ4n) is 3.95. The molecule has 0 fully saturated rings. The minimum Gasteiger partial charge on any atom is -0.497 e. The lowest BCUT2D eigenvalue weighted by molar-refractivity contribution is -0.120. The van der Waals surface area contributed by atoms with E-state index >= 15 is 0 Å². The Labute approximate surface area is 198 Å². The van der Waals surface area contributed by atoms with E-state index in [0.29, 0.717) is 34.7 Å². The maximum absolute atomic E-state index is 13.4. The van der Waals surface area contributed by atoms with Gasteiger partial charge in [-0.25, -0.2) is 4.99 Å². The van der Waals surface area contributed by atoms with Crippen molar-refractivity contribution in [3.8, 4) is 5.75 Å². The third kappa shape index (κ3) is 5.32. The second-order valence-corrected chi connectivity index (χ2v) is 8.52. The van der Waals surface area contributed by atoms with E-state index in [1.54, 1.807) is 48.4 Å². The molecule has 3 aromatic rings. The Morgan fingerprint density at radius 1 is 1.09 bits per heavy atom. The molecule has 33 heavy (non-hydrogen) atoms. The van der Waals surface area contributed by atoms with Gasteiger partial charge in [-0.1, -0.05) is 41.9 Å². The van der Waals surface area contributed by atoms with Gasteiger partial charge in [0.1, 0.15) is 5.75 Å². The number of amides is 2. The van der Waals surface area contributed by atoms with Crippen molar-refractivity contribution < 1.29 is 14.3 Å². The van der Waals surface area contributed by atoms with Gasteiger partial charge in [0.05, 0.1) is 18.4 Å². The molecule has 1 aliphatic heterocycles. The van der Waals surface area contributed by atoms with Gasteiger partial charge in [-0.05, 0) is 66.9 Å². The molecule has 6 heteroatoms. The first-order valence-corrected chi connectivity index (χ1v) is 11.2. The highest BCUT2D eigenvalue weighted by molar-refractivity contribution is 6.30. The van der Waals surface area contributed by atoms with Crippen molar-refractivity contribution >= 4 is 29.5 Å². The van der Waals surface area contributed by atoms with Crippen LogP contribution >= 0.6 is 11.6 Å². The van der Waals surface area contributed by atoms with E-state index in [0.717, 1.165) is 5.22 Å². The zero-order chi connectivity index (χ0) is 23.4. The first-order chi connectivity index (χ1) is 15.9. The van der Waals surface area contributed by atoms with Gasteiger partial charge in [-0.15, -0.1) is 0 Å². The van der Waals surface area contributed by atoms with Crippen LogP contribution in [-0.4, -0.2) is 36.9 Å². The molecule has 3 aromatic carbocycles. The van der Waals surface area contributed by atoms with Gasteiger partial charge in [0.25, 0.3) is 11.8 Å². The van der Waals surface area contributed by atoms with Crippen LogP contribution in [0.2, 0.25) is 5.02 Å². The number of ether oxygens (including phenoxy) is 1. The molecule has 2 amide bonds. The molecular weight excluding hydrogens is 436 g/mol. The van der Waals surface area contributed by atoms with Gasteiger partial charge < -0.3 is 9.64 Å². The van der Waals surface area contributed by atoms with E-state index in [4.69, 9.17) is 16.3 Å². The zero-order valence-electron chi connectivity index (χ0n) is 18.6. The molecule has 5 nitrogen and oxygen atoms in total. The number of benzene rings is 3. The number of halogens is 1. The average Bonchev–Trinajstić information content (AvgIpc) is 2.82. The Kier molecular flexibility index (Phi) is 6.90. The summed E-state index contributed by atoms with van der Waals surface area (Å²) in [5.74, 6) is -0.227. The first kappa shape index (κ1) is 22.7. The lowest BCUT2D eigenvalue weighted by Crippen LogP contribution is -2.42. The van der Waals surface area contributed by atoms with Crippen LogP contribution in [0.4, 0.5) is 0 Å². The molecule has 0 aliphatic carbocycles. The quantitative estimate of drug-likeness (QED) is 0.541. The molecule has 0 aromatic heterocycles. The van der Waals surface area contributed by atoms with E-state index in [2.05, 4.69) is 24.0 Å². The summed E-state index contributed by atoms with van der Waals surface area (Å²) in [5, 5.41) is 2.02. The van der Waals surface area contributed by atoms with Crippen LogP contribution < -0.4 is 15.3 Å². The highest BCUT2D eigenvalue weighted by Gasteiger charge is 2.25. The Morgan fingerprint density at radius 3 is 2.58 bits per heavy atom. The summed E-state index contributed by atoms with van der Waals surface area (Å²) in [6.45, 7) is 2.78. The Morgan fingerprint density at radius 2 is 1.85 bits per heavy atom. The minimum absolute atomic E-state index is 0.141. The predicted octanol–water partition coefficient (Wildman–Crippen LogP) is 3.60. The van der Waals surface area contributed by atoms with Crippen LogP contribution in [0.25, 0.3) is 6.08 Å². The summed E-state index contributed by atoms with van der Waals surface area (Å²) >= 11 is 6.00. The third-order valence-corrected chi connectivity index (χ3v) is 6.12. The van der Waals surface area contributed by atoms with Crippen molar-refractivity contribution in [2.24, 2.45) is 10.9 Å². The van der Waals surface area contributed by atoms with E-state index in [9.17, 15) is 9.59 Å². The van der Waals surface area contributed by atoms with Gasteiger partial charge in [0.15, 0.2) is 0 Å². The summed E-state index contributed by atoms with van der Waals surface area (Å²) in [7, 11) is 1.60. The normalized spacial score (nSPS) is 14.6. The van der Waals surface area contributed by atoms with Gasteiger partial charge in [0, 0.05) is 28.9 Å². The average molecular weight is 461 g/mol. The molecule has 0 saturated carbocycles. The maximum atomic E-state index is 13.4. The van der Waals surface area contributed by atoms with Crippen molar-refractivity contribution in [2.45, 2.75) is 13.3 Å². The van der Waals surface area contributed by atoms with Crippen molar-refractivity contribution in [1.82, 2.24) is 4.90 Å². The van der Waals surface area contributed by atoms with Crippen LogP contribution in [0.3, 0.4) is 0 Å². The van der Waals surface area contributed by atoms with Crippen LogP contribution in [0.15, 0.2) is 71.7 Å². The van der Waals surface area contributed by atoms with E-state index in [-0.39, 0.29) is 18.4 Å². The number of methoxy groups -OCH3 is 1. The van der Waals surface area contributed by atoms with E-state index < -0.39 is 5.92 Å². The number of carbonyl (C=O) groups is 2. The SMILES string of the molecule is COc1ccc2c(c1)=CC(CN(CCc1ccccc1C)C(=O)c1ccc(Cl)cc1)C(=O)N=2. The molecule has 1 unspecified atom stereocenters. The Balaban J connectivity index is 1.62. The van der Waals surface area contributed by atoms with Gasteiger partial charge in [-0.3, -0.25) is 9.59 Å². The summed E-state index contributed by atoms with van der Waals surface area (Å²) in [6, 6.07) is 20.3. The van der Waals surface area contributed by atoms with Crippen molar-refractivity contribution in [3.05, 3.63) is 99.0 Å². The smallest absolute Gasteiger partial charge is 0.254 e. The molecule has 168 valence electrons. The molecule has 0 saturated heterocycles. The van der Waals surface area contributed by atoms with Crippen LogP contribution in [0.1, 0.15) is 21.5 Å². The molecular formula is C27H25ClN2O3. The zero-order valence-corrected chi connectivity index (χ0v) is 19.4. The third-order valence-electron chi connectivity index (χ3n) is 5.87. The number of fused-ring (bicyclic) bond motifs is 1. The number of rotatable bonds is 7. The predicted molar refractivity (Wildman–Crippen MR) is 129 cm³/mol. The van der Waals surface area contributed by atoms with E-state index in [1.807, 2.05) is 24.3 Å². The number of carbonyl (C=O) groups excluding carboxylic acids is 2. The topological polar surface area (TPSA) is 59.0 Å². The van der Waals surface area contributed by atoms with Crippen molar-refractivity contribution in [2.75, 3.05) is 20.2 Å². The fraction of sp³-hybridized carbons (Fsp3) is 0.222. The standard InChI is InChI=1S/C27H25ClN2O3/c1-18-5-3-4-6-19(18)13-14-30(27(32)20-7-9-23(28)10-8-20)17-22-15-21-16-24(33-2)11-12-25(21)29-26(22)31/h3-12,15-16,22H,13-14,17H2,1-2H3. The van der Waals surface area contributed by atoms with Gasteiger partial charge >= 0.3 is 0 Å². The summed E-state index contributed by atoms with van der Waals surface area (Å²) < 4.78 is 5.31. The molecule has 0 N–H and O–H groups in total. The highest BCUT2D eigenvalue weighted by atomic mass is 35.5. The molecule has 1 atom stereocenters. The summed E-state index contributed by atoms with van der Waals surface area (Å²) in [6.07, 6.45) is 2.57. The number of hydrogen-bond acceptors (Lipinski definition) is 3. The second-order valence-electron chi connectivity index (χ2n) is 8.08. The largest absolute Gasteiger partial charge is 0.497 e. The van der Waals surface area contributed by atoms with Crippen LogP contribution in [0, 0.1) is 12.8 Å². The van der Waals surface area contributed by atoms with Crippen LogP contribution in [-0.2, 0) is 11.2 Å². The molecule has 0 radical (unpaired) electrons. The minimum atomic E-state index is -0.530. The van der Waals surface area contributed by atoms with Gasteiger partial charge in [-0.2, -0.15) is 0 Å². The molecule has 0 bridgehead atoms. The molecule has 1 heterocycles. The number of nitrogens with zero attached hydrogens (tertiary/aromatic N) is 2. The van der Waals surface area contributed by atoms with Crippen LogP contribution in [0.5, 0.6) is 5.75 Å². The highest BCUT2D eigenvalue weighted by Crippen LogP contribution is 2.17. The lowest BCUT2D eigenvalue weighted by atomic mass is 10.0. The first-order valence-electron chi connectivity index (χ1n) is 10.8. The molecule has 1 aliphatic rings. The maximum Gasteiger partial charge on any atom is 0.254 e. The number of aryl methyl sites for hydroxylation is 1. The molecule has 0 spiro atoms. The van der Waals surface area contributed by atoms with E-state index in [1.165, 1.54) is 11.1 Å². The molecule has 4 rings (SSSR count). The fourth-order valence-corrected chi connectivity index (χ4v) is 4.08. The second kappa shape index (κ2) is 10.0. The van der Waals surface area contributed by atoms with Crippen molar-refractivity contribution in [3.63, 3.8) is 0 Å². The lowest BCUT2D eigenvalue weighted by Gasteiger charge is -2.26. The monoisotopic (exact) mass is 460 g/mol.